The van der Waals surface area contributed by atoms with Gasteiger partial charge in [-0.2, -0.15) is 13.2 Å². The molecule has 0 spiro atoms. The van der Waals surface area contributed by atoms with E-state index in [9.17, 15) is 28.1 Å². The first-order valence-electron chi connectivity index (χ1n) is 9.27. The zero-order chi connectivity index (χ0) is 21.9. The predicted octanol–water partition coefficient (Wildman–Crippen LogP) is 4.66. The summed E-state index contributed by atoms with van der Waals surface area (Å²) >= 11 is 5.82. The minimum absolute atomic E-state index is 0.00697. The van der Waals surface area contributed by atoms with Crippen LogP contribution < -0.4 is 4.90 Å². The van der Waals surface area contributed by atoms with Crippen LogP contribution in [-0.4, -0.2) is 48.3 Å². The molecular weight excluding hydrogens is 423 g/mol. The van der Waals surface area contributed by atoms with Crippen LogP contribution in [0.15, 0.2) is 42.5 Å². The van der Waals surface area contributed by atoms with Crippen LogP contribution in [0.2, 0.25) is 5.02 Å². The van der Waals surface area contributed by atoms with Crippen LogP contribution in [0.4, 0.5) is 24.5 Å². The molecule has 30 heavy (non-hydrogen) atoms. The van der Waals surface area contributed by atoms with Gasteiger partial charge < -0.3 is 4.90 Å². The first-order valence-corrected chi connectivity index (χ1v) is 9.64. The van der Waals surface area contributed by atoms with Gasteiger partial charge >= 0.3 is 6.18 Å². The third-order valence-corrected chi connectivity index (χ3v) is 5.29. The molecule has 1 aliphatic heterocycles. The standard InChI is InChI=1S/C20H19ClF3N3O3/c21-16-4-1-14(2-5-16)19(28)7-8-25-9-11-26(12-10-25)17-6-3-15(20(22,23)24)13-18(17)27(29)30/h1-6,13H,7-12H2. The molecule has 0 atom stereocenters. The lowest BCUT2D eigenvalue weighted by Gasteiger charge is -2.35. The van der Waals surface area contributed by atoms with Crippen molar-refractivity contribution in [3.8, 4) is 0 Å². The average molecular weight is 442 g/mol. The SMILES string of the molecule is O=C(CCN1CCN(c2ccc(C(F)(F)F)cc2[N+](=O)[O-])CC1)c1ccc(Cl)cc1. The van der Waals surface area contributed by atoms with E-state index in [1.807, 2.05) is 0 Å². The third kappa shape index (κ3) is 5.28. The van der Waals surface area contributed by atoms with Gasteiger partial charge in [0.2, 0.25) is 0 Å². The summed E-state index contributed by atoms with van der Waals surface area (Å²) in [5.74, 6) is -0.00697. The van der Waals surface area contributed by atoms with E-state index in [0.29, 0.717) is 55.8 Å². The van der Waals surface area contributed by atoms with Crippen molar-refractivity contribution in [2.75, 3.05) is 37.6 Å². The van der Waals surface area contributed by atoms with Gasteiger partial charge in [0.05, 0.1) is 10.5 Å². The molecule has 1 aliphatic rings. The normalized spacial score (nSPS) is 15.3. The van der Waals surface area contributed by atoms with Gasteiger partial charge in [0.1, 0.15) is 5.69 Å². The number of carbonyl (C=O) groups excluding carboxylic acids is 1. The number of carbonyl (C=O) groups is 1. The lowest BCUT2D eigenvalue weighted by Crippen LogP contribution is -2.47. The summed E-state index contributed by atoms with van der Waals surface area (Å²) in [5.41, 5.74) is -0.850. The summed E-state index contributed by atoms with van der Waals surface area (Å²) < 4.78 is 38.6. The van der Waals surface area contributed by atoms with Gasteiger partial charge in [-0.15, -0.1) is 0 Å². The molecule has 0 unspecified atom stereocenters. The number of piperazine rings is 1. The smallest absolute Gasteiger partial charge is 0.363 e. The van der Waals surface area contributed by atoms with Crippen LogP contribution in [0.1, 0.15) is 22.3 Å². The Bertz CT molecular complexity index is 927. The highest BCUT2D eigenvalue weighted by Crippen LogP contribution is 2.36. The number of nitrogens with zero attached hydrogens (tertiary/aromatic N) is 3. The monoisotopic (exact) mass is 441 g/mol. The Morgan fingerprint density at radius 3 is 2.27 bits per heavy atom. The van der Waals surface area contributed by atoms with E-state index in [-0.39, 0.29) is 11.5 Å². The molecule has 10 heteroatoms. The molecule has 0 bridgehead atoms. The van der Waals surface area contributed by atoms with E-state index in [0.717, 1.165) is 12.1 Å². The third-order valence-electron chi connectivity index (χ3n) is 5.03. The molecule has 6 nitrogen and oxygen atoms in total. The van der Waals surface area contributed by atoms with Crippen LogP contribution in [0.3, 0.4) is 0 Å². The molecule has 2 aromatic carbocycles. The second-order valence-corrected chi connectivity index (χ2v) is 7.40. The fourth-order valence-electron chi connectivity index (χ4n) is 3.37. The molecule has 0 N–H and O–H groups in total. The van der Waals surface area contributed by atoms with Crippen LogP contribution >= 0.6 is 11.6 Å². The Hall–Kier alpha value is -2.65. The number of ketones is 1. The number of alkyl halides is 3. The Balaban J connectivity index is 1.59. The van der Waals surface area contributed by atoms with Crippen molar-refractivity contribution in [3.05, 3.63) is 68.7 Å². The fraction of sp³-hybridized carbons (Fsp3) is 0.350. The molecule has 1 saturated heterocycles. The minimum Gasteiger partial charge on any atom is -0.363 e. The van der Waals surface area contributed by atoms with Gasteiger partial charge in [-0.05, 0) is 36.4 Å². The summed E-state index contributed by atoms with van der Waals surface area (Å²) in [4.78, 5) is 26.5. The van der Waals surface area contributed by atoms with Crippen LogP contribution in [0.5, 0.6) is 0 Å². The van der Waals surface area contributed by atoms with Crippen LogP contribution in [-0.2, 0) is 6.18 Å². The molecule has 0 aromatic heterocycles. The van der Waals surface area contributed by atoms with Gasteiger partial charge in [-0.25, -0.2) is 0 Å². The van der Waals surface area contributed by atoms with Gasteiger partial charge in [-0.3, -0.25) is 19.8 Å². The van der Waals surface area contributed by atoms with E-state index >= 15 is 0 Å². The summed E-state index contributed by atoms with van der Waals surface area (Å²) in [5, 5.41) is 11.9. The van der Waals surface area contributed by atoms with E-state index in [2.05, 4.69) is 4.90 Å². The largest absolute Gasteiger partial charge is 0.416 e. The number of nitro groups is 1. The Labute approximate surface area is 176 Å². The van der Waals surface area contributed by atoms with Crippen molar-refractivity contribution in [2.45, 2.75) is 12.6 Å². The van der Waals surface area contributed by atoms with E-state index in [1.165, 1.54) is 0 Å². The van der Waals surface area contributed by atoms with Crippen LogP contribution in [0.25, 0.3) is 0 Å². The molecule has 0 amide bonds. The lowest BCUT2D eigenvalue weighted by atomic mass is 10.1. The average Bonchev–Trinajstić information content (AvgIpc) is 2.72. The number of Topliss-reactive ketones (excluding diaryl/α,β-unsaturated/α-hetero) is 1. The molecule has 0 saturated carbocycles. The van der Waals surface area contributed by atoms with E-state index in [1.54, 1.807) is 29.2 Å². The second kappa shape index (κ2) is 9.01. The zero-order valence-electron chi connectivity index (χ0n) is 15.9. The Kier molecular flexibility index (Phi) is 6.62. The summed E-state index contributed by atoms with van der Waals surface area (Å²) in [6.07, 6.45) is -4.32. The molecule has 160 valence electrons. The van der Waals surface area contributed by atoms with E-state index < -0.39 is 22.4 Å². The second-order valence-electron chi connectivity index (χ2n) is 6.97. The maximum absolute atomic E-state index is 12.9. The number of halogens is 4. The number of hydrogen-bond donors (Lipinski definition) is 0. The number of nitro benzene ring substituents is 1. The van der Waals surface area contributed by atoms with Crippen molar-refractivity contribution >= 4 is 28.8 Å². The zero-order valence-corrected chi connectivity index (χ0v) is 16.6. The molecule has 0 radical (unpaired) electrons. The minimum atomic E-state index is -4.64. The predicted molar refractivity (Wildman–Crippen MR) is 107 cm³/mol. The first-order chi connectivity index (χ1) is 14.1. The Morgan fingerprint density at radius 1 is 1.07 bits per heavy atom. The highest BCUT2D eigenvalue weighted by Gasteiger charge is 2.34. The number of benzene rings is 2. The van der Waals surface area contributed by atoms with E-state index in [4.69, 9.17) is 11.6 Å². The van der Waals surface area contributed by atoms with Gasteiger partial charge in [0.15, 0.2) is 5.78 Å². The fourth-order valence-corrected chi connectivity index (χ4v) is 3.49. The topological polar surface area (TPSA) is 66.7 Å². The first kappa shape index (κ1) is 22.0. The Morgan fingerprint density at radius 2 is 1.70 bits per heavy atom. The summed E-state index contributed by atoms with van der Waals surface area (Å²) in [6, 6.07) is 9.25. The summed E-state index contributed by atoms with van der Waals surface area (Å²) in [7, 11) is 0. The van der Waals surface area contributed by atoms with Crippen molar-refractivity contribution in [1.29, 1.82) is 0 Å². The van der Waals surface area contributed by atoms with Crippen molar-refractivity contribution < 1.29 is 22.9 Å². The van der Waals surface area contributed by atoms with Gasteiger partial charge in [0.25, 0.3) is 5.69 Å². The molecule has 0 aliphatic carbocycles. The molecule has 3 rings (SSSR count). The molecular formula is C20H19ClF3N3O3. The van der Waals surface area contributed by atoms with Crippen LogP contribution in [0, 0.1) is 10.1 Å². The van der Waals surface area contributed by atoms with Gasteiger partial charge in [-0.1, -0.05) is 11.6 Å². The number of hydrogen-bond acceptors (Lipinski definition) is 5. The molecule has 2 aromatic rings. The van der Waals surface area contributed by atoms with Crippen molar-refractivity contribution in [2.24, 2.45) is 0 Å². The quantitative estimate of drug-likeness (QED) is 0.370. The molecule has 1 fully saturated rings. The lowest BCUT2D eigenvalue weighted by molar-refractivity contribution is -0.384. The highest BCUT2D eigenvalue weighted by molar-refractivity contribution is 6.30. The van der Waals surface area contributed by atoms with Crippen molar-refractivity contribution in [1.82, 2.24) is 4.90 Å². The summed E-state index contributed by atoms with van der Waals surface area (Å²) in [6.45, 7) is 2.46. The molecule has 1 heterocycles. The maximum Gasteiger partial charge on any atom is 0.416 e. The van der Waals surface area contributed by atoms with Crippen molar-refractivity contribution in [3.63, 3.8) is 0 Å². The highest BCUT2D eigenvalue weighted by atomic mass is 35.5. The number of rotatable bonds is 6. The van der Waals surface area contributed by atoms with Gasteiger partial charge in [0, 0.05) is 55.8 Å². The maximum atomic E-state index is 12.9. The number of anilines is 1.